The molecule has 1 unspecified atom stereocenters. The molecule has 0 bridgehead atoms. The van der Waals surface area contributed by atoms with Gasteiger partial charge < -0.3 is 9.15 Å². The number of sulfonamides is 1. The van der Waals surface area contributed by atoms with Crippen molar-refractivity contribution in [2.45, 2.75) is 17.7 Å². The van der Waals surface area contributed by atoms with Gasteiger partial charge in [0.05, 0.1) is 12.6 Å². The smallest absolute Gasteiger partial charge is 0.271 e. The summed E-state index contributed by atoms with van der Waals surface area (Å²) in [5, 5.41) is 8.03. The molecular formula is C13H14N2O4S. The Hall–Kier alpha value is -1.83. The number of primary sulfonamides is 1. The Kier molecular flexibility index (Phi) is 3.25. The number of nitrogens with two attached hydrogens (primary N) is 1. The molecule has 7 heteroatoms. The SMILES string of the molecule is NS(=O)(=O)c1ccc(CNC2COc3ccccc32)o1. The molecule has 0 fully saturated rings. The minimum absolute atomic E-state index is 0.0641. The zero-order chi connectivity index (χ0) is 14.2. The van der Waals surface area contributed by atoms with E-state index in [4.69, 9.17) is 14.3 Å². The molecule has 0 spiro atoms. The van der Waals surface area contributed by atoms with Crippen molar-refractivity contribution >= 4 is 10.0 Å². The molecule has 1 aromatic heterocycles. The number of furan rings is 1. The van der Waals surface area contributed by atoms with Crippen LogP contribution in [0.25, 0.3) is 0 Å². The van der Waals surface area contributed by atoms with Crippen LogP contribution in [0.15, 0.2) is 45.9 Å². The Balaban J connectivity index is 1.68. The van der Waals surface area contributed by atoms with Crippen molar-refractivity contribution < 1.29 is 17.6 Å². The number of para-hydroxylation sites is 1. The molecule has 0 saturated carbocycles. The Morgan fingerprint density at radius 3 is 2.80 bits per heavy atom. The lowest BCUT2D eigenvalue weighted by Gasteiger charge is -2.09. The van der Waals surface area contributed by atoms with Crippen LogP contribution < -0.4 is 15.2 Å². The predicted octanol–water partition coefficient (Wildman–Crippen LogP) is 1.15. The van der Waals surface area contributed by atoms with Crippen molar-refractivity contribution in [1.29, 1.82) is 0 Å². The minimum Gasteiger partial charge on any atom is -0.491 e. The molecule has 0 aliphatic carbocycles. The number of nitrogens with one attached hydrogen (secondary N) is 1. The third kappa shape index (κ3) is 2.55. The fourth-order valence-corrected chi connectivity index (χ4v) is 2.64. The lowest BCUT2D eigenvalue weighted by atomic mass is 10.1. The fourth-order valence-electron chi connectivity index (χ4n) is 2.16. The molecule has 3 N–H and O–H groups in total. The van der Waals surface area contributed by atoms with Crippen LogP contribution in [0, 0.1) is 0 Å². The first kappa shape index (κ1) is 13.2. The van der Waals surface area contributed by atoms with Crippen LogP contribution in [0.4, 0.5) is 0 Å². The van der Waals surface area contributed by atoms with E-state index in [9.17, 15) is 8.42 Å². The highest BCUT2D eigenvalue weighted by Crippen LogP contribution is 2.31. The first-order valence-corrected chi connectivity index (χ1v) is 7.65. The topological polar surface area (TPSA) is 94.6 Å². The van der Waals surface area contributed by atoms with E-state index >= 15 is 0 Å². The Morgan fingerprint density at radius 1 is 1.25 bits per heavy atom. The van der Waals surface area contributed by atoms with Crippen molar-refractivity contribution in [1.82, 2.24) is 5.32 Å². The summed E-state index contributed by atoms with van der Waals surface area (Å²) in [5.74, 6) is 1.38. The number of benzene rings is 1. The summed E-state index contributed by atoms with van der Waals surface area (Å²) >= 11 is 0. The van der Waals surface area contributed by atoms with Crippen LogP contribution in [-0.2, 0) is 16.6 Å². The predicted molar refractivity (Wildman–Crippen MR) is 71.6 cm³/mol. The molecule has 1 aliphatic heterocycles. The van der Waals surface area contributed by atoms with Crippen molar-refractivity contribution in [3.05, 3.63) is 47.7 Å². The maximum absolute atomic E-state index is 11.1. The van der Waals surface area contributed by atoms with E-state index in [-0.39, 0.29) is 11.1 Å². The second-order valence-electron chi connectivity index (χ2n) is 4.55. The third-order valence-electron chi connectivity index (χ3n) is 3.14. The molecule has 1 atom stereocenters. The highest BCUT2D eigenvalue weighted by Gasteiger charge is 2.23. The highest BCUT2D eigenvalue weighted by molar-refractivity contribution is 7.89. The van der Waals surface area contributed by atoms with E-state index in [0.717, 1.165) is 11.3 Å². The summed E-state index contributed by atoms with van der Waals surface area (Å²) in [4.78, 5) is 0. The molecule has 0 saturated heterocycles. The lowest BCUT2D eigenvalue weighted by molar-refractivity contribution is 0.303. The minimum atomic E-state index is -3.79. The second-order valence-corrected chi connectivity index (χ2v) is 6.04. The normalized spacial score (nSPS) is 17.8. The zero-order valence-electron chi connectivity index (χ0n) is 10.6. The summed E-state index contributed by atoms with van der Waals surface area (Å²) in [7, 11) is -3.79. The van der Waals surface area contributed by atoms with E-state index in [1.165, 1.54) is 6.07 Å². The Bertz CT molecular complexity index is 723. The molecule has 6 nitrogen and oxygen atoms in total. The number of ether oxygens (including phenoxy) is 1. The Labute approximate surface area is 116 Å². The van der Waals surface area contributed by atoms with Crippen molar-refractivity contribution in [2.24, 2.45) is 5.14 Å². The zero-order valence-corrected chi connectivity index (χ0v) is 11.4. The van der Waals surface area contributed by atoms with Gasteiger partial charge in [-0.3, -0.25) is 5.32 Å². The summed E-state index contributed by atoms with van der Waals surface area (Å²) in [6, 6.07) is 10.8. The summed E-state index contributed by atoms with van der Waals surface area (Å²) in [6.07, 6.45) is 0. The monoisotopic (exact) mass is 294 g/mol. The number of rotatable bonds is 4. The van der Waals surface area contributed by atoms with Crippen LogP contribution in [0.2, 0.25) is 0 Å². The van der Waals surface area contributed by atoms with Gasteiger partial charge in [0.25, 0.3) is 10.0 Å². The van der Waals surface area contributed by atoms with Gasteiger partial charge in [0.15, 0.2) is 0 Å². The molecule has 2 aromatic rings. The number of hydrogen-bond acceptors (Lipinski definition) is 5. The molecule has 1 aromatic carbocycles. The Morgan fingerprint density at radius 2 is 2.05 bits per heavy atom. The van der Waals surface area contributed by atoms with E-state index in [1.807, 2.05) is 24.3 Å². The number of fused-ring (bicyclic) bond motifs is 1. The molecule has 0 amide bonds. The van der Waals surface area contributed by atoms with Gasteiger partial charge in [-0.2, -0.15) is 0 Å². The van der Waals surface area contributed by atoms with E-state index in [2.05, 4.69) is 5.32 Å². The molecule has 106 valence electrons. The molecule has 2 heterocycles. The largest absolute Gasteiger partial charge is 0.491 e. The van der Waals surface area contributed by atoms with Gasteiger partial charge in [-0.05, 0) is 18.2 Å². The van der Waals surface area contributed by atoms with Crippen molar-refractivity contribution in [2.75, 3.05) is 6.61 Å². The molecule has 1 aliphatic rings. The summed E-state index contributed by atoms with van der Waals surface area (Å²) in [5.41, 5.74) is 1.09. The van der Waals surface area contributed by atoms with Gasteiger partial charge in [-0.15, -0.1) is 0 Å². The average molecular weight is 294 g/mol. The van der Waals surface area contributed by atoms with Gasteiger partial charge in [-0.25, -0.2) is 13.6 Å². The van der Waals surface area contributed by atoms with Gasteiger partial charge in [0.1, 0.15) is 18.1 Å². The average Bonchev–Trinajstić information content (AvgIpc) is 3.02. The molecule has 20 heavy (non-hydrogen) atoms. The first-order chi connectivity index (χ1) is 9.54. The third-order valence-corrected chi connectivity index (χ3v) is 3.92. The highest BCUT2D eigenvalue weighted by atomic mass is 32.2. The van der Waals surface area contributed by atoms with Crippen LogP contribution in [0.1, 0.15) is 17.4 Å². The standard InChI is InChI=1S/C13H14N2O4S/c14-20(16,17)13-6-5-9(19-13)7-15-11-8-18-12-4-2-1-3-10(11)12/h1-6,11,15H,7-8H2,(H2,14,16,17). The van der Waals surface area contributed by atoms with Crippen LogP contribution in [-0.4, -0.2) is 15.0 Å². The molecular weight excluding hydrogens is 280 g/mol. The molecule has 3 rings (SSSR count). The van der Waals surface area contributed by atoms with E-state index < -0.39 is 10.0 Å². The maximum atomic E-state index is 11.1. The van der Waals surface area contributed by atoms with Gasteiger partial charge in [-0.1, -0.05) is 18.2 Å². The molecule has 0 radical (unpaired) electrons. The number of hydrogen-bond donors (Lipinski definition) is 2. The fraction of sp³-hybridized carbons (Fsp3) is 0.231. The van der Waals surface area contributed by atoms with Gasteiger partial charge in [0, 0.05) is 5.56 Å². The van der Waals surface area contributed by atoms with E-state index in [1.54, 1.807) is 6.07 Å². The van der Waals surface area contributed by atoms with Gasteiger partial charge in [0.2, 0.25) is 5.09 Å². The van der Waals surface area contributed by atoms with Crippen LogP contribution in [0.5, 0.6) is 5.75 Å². The summed E-state index contributed by atoms with van der Waals surface area (Å²) in [6.45, 7) is 0.944. The van der Waals surface area contributed by atoms with E-state index in [0.29, 0.717) is 18.9 Å². The van der Waals surface area contributed by atoms with Crippen molar-refractivity contribution in [3.8, 4) is 5.75 Å². The quantitative estimate of drug-likeness (QED) is 0.882. The first-order valence-electron chi connectivity index (χ1n) is 6.10. The lowest BCUT2D eigenvalue weighted by Crippen LogP contribution is -2.21. The maximum Gasteiger partial charge on any atom is 0.271 e. The van der Waals surface area contributed by atoms with Crippen molar-refractivity contribution in [3.63, 3.8) is 0 Å². The van der Waals surface area contributed by atoms with Crippen LogP contribution in [0.3, 0.4) is 0 Å². The summed E-state index contributed by atoms with van der Waals surface area (Å²) < 4.78 is 33.0. The van der Waals surface area contributed by atoms with Gasteiger partial charge >= 0.3 is 0 Å². The second kappa shape index (κ2) is 4.93. The van der Waals surface area contributed by atoms with Crippen LogP contribution >= 0.6 is 0 Å².